The monoisotopic (exact) mass is 448 g/mol. The Bertz CT molecular complexity index is 930. The number of hydrogen-bond acceptors (Lipinski definition) is 3. The lowest BCUT2D eigenvalue weighted by atomic mass is 10.0. The lowest BCUT2D eigenvalue weighted by Crippen LogP contribution is -2.20. The fraction of sp³-hybridized carbons (Fsp3) is 0.111. The Morgan fingerprint density at radius 2 is 1.88 bits per heavy atom. The summed E-state index contributed by atoms with van der Waals surface area (Å²) >= 11 is 8.74. The number of rotatable bonds is 2. The molecule has 3 aromatic rings. The number of aromatic nitrogens is 3. The minimum Gasteiger partial charge on any atom is -0.324 e. The topological polar surface area (TPSA) is 42.7 Å². The molecule has 0 spiro atoms. The molecule has 1 aliphatic rings. The lowest BCUT2D eigenvalue weighted by molar-refractivity contribution is 0.607. The average molecular weight is 449 g/mol. The molecule has 24 heavy (non-hydrogen) atoms. The Hall–Kier alpha value is -1.86. The molecule has 0 amide bonds. The summed E-state index contributed by atoms with van der Waals surface area (Å²) < 4.78 is 3.08. The van der Waals surface area contributed by atoms with Crippen LogP contribution >= 0.6 is 34.2 Å². The average Bonchev–Trinajstić information content (AvgIpc) is 2.95. The summed E-state index contributed by atoms with van der Waals surface area (Å²) in [6.45, 7) is 1.89. The highest BCUT2D eigenvalue weighted by molar-refractivity contribution is 14.1. The van der Waals surface area contributed by atoms with Crippen LogP contribution in [0.4, 0.5) is 5.95 Å². The summed E-state index contributed by atoms with van der Waals surface area (Å²) in [5, 5.41) is 8.63. The number of nitrogens with one attached hydrogen (secondary N) is 1. The maximum absolute atomic E-state index is 6.43. The van der Waals surface area contributed by atoms with E-state index in [-0.39, 0.29) is 6.04 Å². The number of allylic oxidation sites excluding steroid dienone is 1. The van der Waals surface area contributed by atoms with E-state index in [1.807, 2.05) is 35.9 Å². The number of benzene rings is 2. The summed E-state index contributed by atoms with van der Waals surface area (Å²) in [4.78, 5) is 4.51. The zero-order valence-corrected chi connectivity index (χ0v) is 15.8. The third-order valence-electron chi connectivity index (χ3n) is 3.95. The van der Waals surface area contributed by atoms with Gasteiger partial charge in [-0.05, 0) is 64.9 Å². The van der Waals surface area contributed by atoms with E-state index >= 15 is 0 Å². The van der Waals surface area contributed by atoms with Gasteiger partial charge in [0.15, 0.2) is 0 Å². The number of nitrogens with zero attached hydrogens (tertiary/aromatic N) is 3. The quantitative estimate of drug-likeness (QED) is 0.567. The van der Waals surface area contributed by atoms with Crippen molar-refractivity contribution < 1.29 is 0 Å². The van der Waals surface area contributed by atoms with Crippen LogP contribution in [0.2, 0.25) is 5.02 Å². The molecule has 0 bridgehead atoms. The van der Waals surface area contributed by atoms with Gasteiger partial charge in [0.25, 0.3) is 0 Å². The molecule has 0 radical (unpaired) electrons. The third kappa shape index (κ3) is 2.82. The van der Waals surface area contributed by atoms with Gasteiger partial charge in [-0.15, -0.1) is 0 Å². The molecular formula is C18H14ClIN4. The molecule has 0 saturated carbocycles. The maximum atomic E-state index is 6.43. The third-order valence-corrected chi connectivity index (χ3v) is 5.01. The van der Waals surface area contributed by atoms with Crippen LogP contribution in [0.5, 0.6) is 0 Å². The fourth-order valence-corrected chi connectivity index (χ4v) is 3.44. The summed E-state index contributed by atoms with van der Waals surface area (Å²) in [6, 6.07) is 16.1. The van der Waals surface area contributed by atoms with Crippen molar-refractivity contribution in [3.8, 4) is 0 Å². The minimum atomic E-state index is -0.0922. The first-order valence-corrected chi connectivity index (χ1v) is 9.00. The Morgan fingerprint density at radius 3 is 2.62 bits per heavy atom. The minimum absolute atomic E-state index is 0.0922. The van der Waals surface area contributed by atoms with Crippen LogP contribution in [0.25, 0.3) is 5.70 Å². The van der Waals surface area contributed by atoms with Gasteiger partial charge in [0.05, 0.1) is 0 Å². The molecule has 1 aliphatic heterocycles. The first-order chi connectivity index (χ1) is 11.6. The molecule has 120 valence electrons. The molecule has 0 aliphatic carbocycles. The fourth-order valence-electron chi connectivity index (χ4n) is 2.83. The standard InChI is InChI=1S/C18H14ClIN4/c1-11-21-18-22-16(12-6-8-13(20)9-7-12)10-17(24(18)23-11)14-4-2-3-5-15(14)19/h2-10,17H,1H3,(H,21,22,23)/t17-/m0/s1. The van der Waals surface area contributed by atoms with Crippen molar-refractivity contribution in [2.75, 3.05) is 5.32 Å². The van der Waals surface area contributed by atoms with E-state index in [2.05, 4.69) is 68.3 Å². The molecule has 1 N–H and O–H groups in total. The lowest BCUT2D eigenvalue weighted by Gasteiger charge is -2.25. The molecule has 1 atom stereocenters. The highest BCUT2D eigenvalue weighted by Gasteiger charge is 2.25. The van der Waals surface area contributed by atoms with Gasteiger partial charge in [-0.1, -0.05) is 41.9 Å². The summed E-state index contributed by atoms with van der Waals surface area (Å²) in [7, 11) is 0. The van der Waals surface area contributed by atoms with Crippen molar-refractivity contribution in [1.29, 1.82) is 0 Å². The molecule has 2 aromatic carbocycles. The Kier molecular flexibility index (Phi) is 4.05. The maximum Gasteiger partial charge on any atom is 0.226 e. The Labute approximate surface area is 158 Å². The first kappa shape index (κ1) is 15.7. The Morgan fingerprint density at radius 1 is 1.12 bits per heavy atom. The molecule has 0 saturated heterocycles. The van der Waals surface area contributed by atoms with Crippen LogP contribution in [0.15, 0.2) is 54.6 Å². The number of fused-ring (bicyclic) bond motifs is 1. The molecule has 4 nitrogen and oxygen atoms in total. The molecule has 0 unspecified atom stereocenters. The van der Waals surface area contributed by atoms with Crippen molar-refractivity contribution in [3.05, 3.63) is 80.2 Å². The van der Waals surface area contributed by atoms with Crippen LogP contribution in [-0.4, -0.2) is 14.8 Å². The van der Waals surface area contributed by atoms with Crippen LogP contribution < -0.4 is 5.32 Å². The number of anilines is 1. The summed E-state index contributed by atoms with van der Waals surface area (Å²) in [5.74, 6) is 1.46. The highest BCUT2D eigenvalue weighted by Crippen LogP contribution is 2.35. The van der Waals surface area contributed by atoms with Crippen molar-refractivity contribution in [1.82, 2.24) is 14.8 Å². The van der Waals surface area contributed by atoms with E-state index in [9.17, 15) is 0 Å². The second-order valence-electron chi connectivity index (χ2n) is 5.61. The number of aryl methyl sites for hydroxylation is 1. The van der Waals surface area contributed by atoms with Crippen molar-refractivity contribution in [2.24, 2.45) is 0 Å². The van der Waals surface area contributed by atoms with Crippen LogP contribution in [0.1, 0.15) is 23.0 Å². The summed E-state index contributed by atoms with van der Waals surface area (Å²) in [5.41, 5.74) is 3.13. The van der Waals surface area contributed by atoms with Crippen molar-refractivity contribution >= 4 is 45.8 Å². The van der Waals surface area contributed by atoms with E-state index in [1.54, 1.807) is 0 Å². The molecule has 4 rings (SSSR count). The largest absolute Gasteiger partial charge is 0.324 e. The molecule has 1 aromatic heterocycles. The molecule has 2 heterocycles. The Balaban J connectivity index is 1.85. The van der Waals surface area contributed by atoms with E-state index in [0.717, 1.165) is 33.6 Å². The van der Waals surface area contributed by atoms with Crippen LogP contribution in [0.3, 0.4) is 0 Å². The zero-order valence-electron chi connectivity index (χ0n) is 12.9. The smallest absolute Gasteiger partial charge is 0.226 e. The van der Waals surface area contributed by atoms with E-state index in [4.69, 9.17) is 11.6 Å². The number of halogens is 2. The first-order valence-electron chi connectivity index (χ1n) is 7.54. The molecule has 6 heteroatoms. The van der Waals surface area contributed by atoms with Crippen molar-refractivity contribution in [2.45, 2.75) is 13.0 Å². The van der Waals surface area contributed by atoms with Gasteiger partial charge in [0, 0.05) is 14.3 Å². The normalized spacial score (nSPS) is 16.3. The van der Waals surface area contributed by atoms with E-state index < -0.39 is 0 Å². The van der Waals surface area contributed by atoms with E-state index in [0.29, 0.717) is 0 Å². The van der Waals surface area contributed by atoms with Gasteiger partial charge in [-0.25, -0.2) is 4.68 Å². The highest BCUT2D eigenvalue weighted by atomic mass is 127. The van der Waals surface area contributed by atoms with Crippen LogP contribution in [-0.2, 0) is 0 Å². The van der Waals surface area contributed by atoms with Crippen LogP contribution in [0, 0.1) is 10.5 Å². The van der Waals surface area contributed by atoms with Gasteiger partial charge in [-0.2, -0.15) is 10.1 Å². The molecular weight excluding hydrogens is 435 g/mol. The second-order valence-corrected chi connectivity index (χ2v) is 7.26. The summed E-state index contributed by atoms with van der Waals surface area (Å²) in [6.07, 6.45) is 2.14. The van der Waals surface area contributed by atoms with Gasteiger partial charge < -0.3 is 5.32 Å². The predicted molar refractivity (Wildman–Crippen MR) is 105 cm³/mol. The van der Waals surface area contributed by atoms with Gasteiger partial charge in [0.2, 0.25) is 5.95 Å². The zero-order chi connectivity index (χ0) is 16.7. The van der Waals surface area contributed by atoms with E-state index in [1.165, 1.54) is 3.57 Å². The second kappa shape index (κ2) is 6.22. The van der Waals surface area contributed by atoms with Gasteiger partial charge in [0.1, 0.15) is 11.9 Å². The predicted octanol–water partition coefficient (Wildman–Crippen LogP) is 4.90. The number of hydrogen-bond donors (Lipinski definition) is 1. The van der Waals surface area contributed by atoms with Crippen molar-refractivity contribution in [3.63, 3.8) is 0 Å². The van der Waals surface area contributed by atoms with Gasteiger partial charge in [-0.3, -0.25) is 0 Å². The van der Waals surface area contributed by atoms with Gasteiger partial charge >= 0.3 is 0 Å². The SMILES string of the molecule is Cc1nc2n(n1)[C@H](c1ccccc1Cl)C=C(c1ccc(I)cc1)N2. The molecule has 0 fully saturated rings.